The molecule has 4 rings (SSSR count). The van der Waals surface area contributed by atoms with Crippen molar-refractivity contribution in [2.24, 2.45) is 0 Å². The normalized spacial score (nSPS) is 16.6. The topological polar surface area (TPSA) is 29.9 Å². The van der Waals surface area contributed by atoms with Crippen molar-refractivity contribution in [2.75, 3.05) is 0 Å². The minimum atomic E-state index is -0.181. The van der Waals surface area contributed by atoms with Crippen molar-refractivity contribution in [3.8, 4) is 0 Å². The highest BCUT2D eigenvalue weighted by Gasteiger charge is 2.23. The summed E-state index contributed by atoms with van der Waals surface area (Å²) in [5.41, 5.74) is 4.86. The Labute approximate surface area is 147 Å². The minimum Gasteiger partial charge on any atom is -0.306 e. The predicted octanol–water partition coefficient (Wildman–Crippen LogP) is 4.24. The van der Waals surface area contributed by atoms with Crippen molar-refractivity contribution in [3.05, 3.63) is 89.0 Å². The molecule has 0 saturated carbocycles. The molecule has 128 valence electrons. The lowest BCUT2D eigenvalue weighted by Gasteiger charge is -2.24. The fourth-order valence-corrected chi connectivity index (χ4v) is 3.61. The van der Waals surface area contributed by atoms with E-state index in [1.807, 2.05) is 18.3 Å². The van der Waals surface area contributed by atoms with Crippen LogP contribution in [0.4, 0.5) is 4.39 Å². The molecule has 0 amide bonds. The van der Waals surface area contributed by atoms with Crippen LogP contribution in [-0.4, -0.2) is 9.78 Å². The average Bonchev–Trinajstić information content (AvgIpc) is 3.04. The smallest absolute Gasteiger partial charge is 0.123 e. The molecule has 1 aliphatic carbocycles. The fourth-order valence-electron chi connectivity index (χ4n) is 3.61. The third kappa shape index (κ3) is 3.64. The van der Waals surface area contributed by atoms with Crippen molar-refractivity contribution in [2.45, 2.75) is 38.4 Å². The van der Waals surface area contributed by atoms with E-state index in [2.05, 4.69) is 39.4 Å². The Morgan fingerprint density at radius 3 is 2.76 bits per heavy atom. The third-order valence-electron chi connectivity index (χ3n) is 4.88. The lowest BCUT2D eigenvalue weighted by molar-refractivity contribution is 0.449. The van der Waals surface area contributed by atoms with E-state index < -0.39 is 0 Å². The van der Waals surface area contributed by atoms with Crippen LogP contribution in [0.1, 0.15) is 41.3 Å². The van der Waals surface area contributed by atoms with Gasteiger partial charge in [-0.05, 0) is 42.5 Å². The van der Waals surface area contributed by atoms with Gasteiger partial charge in [-0.1, -0.05) is 42.5 Å². The first-order chi connectivity index (χ1) is 12.3. The standard InChI is InChI=1S/C21H22FN3/c22-18-9-4-8-17(12-18)13-23-20-10-5-11-21-19(20)14-24-25(21)15-16-6-2-1-3-7-16/h1-4,6-9,12,14,20,23H,5,10-11,13,15H2. The van der Waals surface area contributed by atoms with Crippen molar-refractivity contribution < 1.29 is 4.39 Å². The maximum absolute atomic E-state index is 13.3. The van der Waals surface area contributed by atoms with E-state index in [1.54, 1.807) is 12.1 Å². The molecule has 0 saturated heterocycles. The monoisotopic (exact) mass is 335 g/mol. The molecule has 25 heavy (non-hydrogen) atoms. The van der Waals surface area contributed by atoms with E-state index in [9.17, 15) is 4.39 Å². The number of nitrogens with zero attached hydrogens (tertiary/aromatic N) is 2. The summed E-state index contributed by atoms with van der Waals surface area (Å²) in [4.78, 5) is 0. The van der Waals surface area contributed by atoms with Crippen LogP contribution >= 0.6 is 0 Å². The molecular weight excluding hydrogens is 313 g/mol. The quantitative estimate of drug-likeness (QED) is 0.756. The molecule has 0 fully saturated rings. The van der Waals surface area contributed by atoms with E-state index in [0.717, 1.165) is 31.4 Å². The summed E-state index contributed by atoms with van der Waals surface area (Å²) in [6.45, 7) is 1.48. The Balaban J connectivity index is 1.49. The van der Waals surface area contributed by atoms with Gasteiger partial charge < -0.3 is 5.32 Å². The minimum absolute atomic E-state index is 0.181. The molecule has 1 heterocycles. The van der Waals surface area contributed by atoms with Gasteiger partial charge in [-0.15, -0.1) is 0 Å². The summed E-state index contributed by atoms with van der Waals surface area (Å²) in [6.07, 6.45) is 5.31. The van der Waals surface area contributed by atoms with Crippen molar-refractivity contribution >= 4 is 0 Å². The maximum Gasteiger partial charge on any atom is 0.123 e. The van der Waals surface area contributed by atoms with Crippen molar-refractivity contribution in [1.82, 2.24) is 15.1 Å². The summed E-state index contributed by atoms with van der Waals surface area (Å²) in [6, 6.07) is 17.5. The van der Waals surface area contributed by atoms with Gasteiger partial charge >= 0.3 is 0 Å². The van der Waals surface area contributed by atoms with Crippen LogP contribution in [-0.2, 0) is 19.5 Å². The Bertz CT molecular complexity index is 841. The van der Waals surface area contributed by atoms with Gasteiger partial charge in [-0.3, -0.25) is 4.68 Å². The first-order valence-electron chi connectivity index (χ1n) is 8.86. The summed E-state index contributed by atoms with van der Waals surface area (Å²) < 4.78 is 15.5. The van der Waals surface area contributed by atoms with Crippen LogP contribution < -0.4 is 5.32 Å². The van der Waals surface area contributed by atoms with Crippen LogP contribution in [0.15, 0.2) is 60.8 Å². The van der Waals surface area contributed by atoms with Crippen molar-refractivity contribution in [3.63, 3.8) is 0 Å². The number of benzene rings is 2. The molecule has 0 radical (unpaired) electrons. The van der Waals surface area contributed by atoms with Crippen LogP contribution in [0.25, 0.3) is 0 Å². The largest absolute Gasteiger partial charge is 0.306 e. The molecule has 3 aromatic rings. The van der Waals surface area contributed by atoms with E-state index in [4.69, 9.17) is 0 Å². The zero-order chi connectivity index (χ0) is 17.1. The molecule has 1 N–H and O–H groups in total. The van der Waals surface area contributed by atoms with Crippen LogP contribution in [0.2, 0.25) is 0 Å². The van der Waals surface area contributed by atoms with E-state index in [0.29, 0.717) is 6.54 Å². The molecular formula is C21H22FN3. The van der Waals surface area contributed by atoms with Gasteiger partial charge in [0.1, 0.15) is 5.82 Å². The molecule has 2 aromatic carbocycles. The zero-order valence-corrected chi connectivity index (χ0v) is 14.2. The second-order valence-corrected chi connectivity index (χ2v) is 6.65. The highest BCUT2D eigenvalue weighted by molar-refractivity contribution is 5.27. The molecule has 0 spiro atoms. The summed E-state index contributed by atoms with van der Waals surface area (Å²) in [5, 5.41) is 8.21. The Kier molecular flexibility index (Phi) is 4.61. The summed E-state index contributed by atoms with van der Waals surface area (Å²) in [5.74, 6) is -0.181. The second-order valence-electron chi connectivity index (χ2n) is 6.65. The summed E-state index contributed by atoms with van der Waals surface area (Å²) >= 11 is 0. The summed E-state index contributed by atoms with van der Waals surface area (Å²) in [7, 11) is 0. The number of rotatable bonds is 5. The first kappa shape index (κ1) is 16.0. The molecule has 3 nitrogen and oxygen atoms in total. The molecule has 1 aliphatic rings. The van der Waals surface area contributed by atoms with Gasteiger partial charge in [0.25, 0.3) is 0 Å². The Hall–Kier alpha value is -2.46. The van der Waals surface area contributed by atoms with Crippen LogP contribution in [0, 0.1) is 5.82 Å². The zero-order valence-electron chi connectivity index (χ0n) is 14.2. The number of halogens is 1. The van der Waals surface area contributed by atoms with Crippen LogP contribution in [0.5, 0.6) is 0 Å². The predicted molar refractivity (Wildman–Crippen MR) is 96.7 cm³/mol. The fraction of sp³-hybridized carbons (Fsp3) is 0.286. The highest BCUT2D eigenvalue weighted by atomic mass is 19.1. The lowest BCUT2D eigenvalue weighted by atomic mass is 9.92. The average molecular weight is 335 g/mol. The van der Waals surface area contributed by atoms with Gasteiger partial charge in [0.15, 0.2) is 0 Å². The van der Waals surface area contributed by atoms with Crippen molar-refractivity contribution in [1.29, 1.82) is 0 Å². The first-order valence-corrected chi connectivity index (χ1v) is 8.86. The maximum atomic E-state index is 13.3. The van der Waals surface area contributed by atoms with E-state index >= 15 is 0 Å². The number of hydrogen-bond donors (Lipinski definition) is 1. The molecule has 1 unspecified atom stereocenters. The van der Waals surface area contributed by atoms with E-state index in [1.165, 1.54) is 22.9 Å². The lowest BCUT2D eigenvalue weighted by Crippen LogP contribution is -2.25. The molecule has 1 atom stereocenters. The van der Waals surface area contributed by atoms with Gasteiger partial charge in [-0.25, -0.2) is 4.39 Å². The number of fused-ring (bicyclic) bond motifs is 1. The highest BCUT2D eigenvalue weighted by Crippen LogP contribution is 2.30. The SMILES string of the molecule is Fc1cccc(CNC2CCCc3c2cnn3Cc2ccccc2)c1. The number of hydrogen-bond acceptors (Lipinski definition) is 2. The third-order valence-corrected chi connectivity index (χ3v) is 4.88. The molecule has 4 heteroatoms. The van der Waals surface area contributed by atoms with Gasteiger partial charge in [0.05, 0.1) is 12.7 Å². The second kappa shape index (κ2) is 7.19. The van der Waals surface area contributed by atoms with Crippen LogP contribution in [0.3, 0.4) is 0 Å². The number of nitrogens with one attached hydrogen (secondary N) is 1. The molecule has 0 bridgehead atoms. The van der Waals surface area contributed by atoms with Gasteiger partial charge in [0.2, 0.25) is 0 Å². The molecule has 0 aliphatic heterocycles. The van der Waals surface area contributed by atoms with Gasteiger partial charge in [-0.2, -0.15) is 5.10 Å². The Morgan fingerprint density at radius 1 is 1.08 bits per heavy atom. The molecule has 1 aromatic heterocycles. The van der Waals surface area contributed by atoms with Gasteiger partial charge in [0, 0.05) is 23.8 Å². The number of aromatic nitrogens is 2. The Morgan fingerprint density at radius 2 is 1.92 bits per heavy atom. The van der Waals surface area contributed by atoms with E-state index in [-0.39, 0.29) is 11.9 Å².